The SMILES string of the molecule is Cc1nc([C@H]2CN(C(=O)[C@@H]3CCc4ccccc43)CCO2)n[nH]1. The minimum atomic E-state index is -0.241. The summed E-state index contributed by atoms with van der Waals surface area (Å²) in [4.78, 5) is 19.2. The van der Waals surface area contributed by atoms with E-state index in [-0.39, 0.29) is 17.9 Å². The molecule has 2 atom stereocenters. The van der Waals surface area contributed by atoms with Crippen molar-refractivity contribution in [3.05, 3.63) is 47.0 Å². The highest BCUT2D eigenvalue weighted by molar-refractivity contribution is 5.85. The van der Waals surface area contributed by atoms with E-state index in [2.05, 4.69) is 27.3 Å². The summed E-state index contributed by atoms with van der Waals surface area (Å²) in [6.07, 6.45) is 1.65. The smallest absolute Gasteiger partial charge is 0.230 e. The number of amides is 1. The van der Waals surface area contributed by atoms with Gasteiger partial charge in [0.1, 0.15) is 11.9 Å². The fourth-order valence-corrected chi connectivity index (χ4v) is 3.54. The summed E-state index contributed by atoms with van der Waals surface area (Å²) < 4.78 is 5.75. The lowest BCUT2D eigenvalue weighted by molar-refractivity contribution is -0.140. The van der Waals surface area contributed by atoms with Crippen LogP contribution in [0.2, 0.25) is 0 Å². The molecule has 1 saturated heterocycles. The van der Waals surface area contributed by atoms with Crippen molar-refractivity contribution in [3.8, 4) is 0 Å². The van der Waals surface area contributed by atoms with Gasteiger partial charge < -0.3 is 9.64 Å². The second kappa shape index (κ2) is 5.77. The predicted molar refractivity (Wildman–Crippen MR) is 83.9 cm³/mol. The van der Waals surface area contributed by atoms with Crippen molar-refractivity contribution in [1.29, 1.82) is 0 Å². The average Bonchev–Trinajstić information content (AvgIpc) is 3.20. The Kier molecular flexibility index (Phi) is 3.61. The van der Waals surface area contributed by atoms with E-state index >= 15 is 0 Å². The van der Waals surface area contributed by atoms with Gasteiger partial charge in [0.05, 0.1) is 19.1 Å². The molecule has 1 aromatic heterocycles. The highest BCUT2D eigenvalue weighted by atomic mass is 16.5. The molecule has 1 amide bonds. The van der Waals surface area contributed by atoms with Crippen LogP contribution in [0.4, 0.5) is 0 Å². The predicted octanol–water partition coefficient (Wildman–Crippen LogP) is 1.74. The Morgan fingerprint density at radius 3 is 3.09 bits per heavy atom. The number of nitrogens with zero attached hydrogens (tertiary/aromatic N) is 3. The number of aromatic nitrogens is 3. The number of aryl methyl sites for hydroxylation is 2. The zero-order valence-corrected chi connectivity index (χ0v) is 13.2. The summed E-state index contributed by atoms with van der Waals surface area (Å²) in [5.41, 5.74) is 2.49. The van der Waals surface area contributed by atoms with E-state index < -0.39 is 0 Å². The number of rotatable bonds is 2. The van der Waals surface area contributed by atoms with Crippen LogP contribution in [-0.2, 0) is 16.0 Å². The van der Waals surface area contributed by atoms with Crippen LogP contribution >= 0.6 is 0 Å². The Morgan fingerprint density at radius 2 is 2.26 bits per heavy atom. The van der Waals surface area contributed by atoms with Crippen LogP contribution in [0.1, 0.15) is 41.2 Å². The molecule has 0 radical (unpaired) electrons. The summed E-state index contributed by atoms with van der Waals surface area (Å²) in [7, 11) is 0. The van der Waals surface area contributed by atoms with Gasteiger partial charge in [-0.25, -0.2) is 4.98 Å². The first-order valence-corrected chi connectivity index (χ1v) is 8.09. The number of aromatic amines is 1. The molecule has 1 aromatic carbocycles. The monoisotopic (exact) mass is 312 g/mol. The van der Waals surface area contributed by atoms with Crippen LogP contribution in [0.25, 0.3) is 0 Å². The maximum Gasteiger partial charge on any atom is 0.230 e. The number of nitrogens with one attached hydrogen (secondary N) is 1. The van der Waals surface area contributed by atoms with Crippen molar-refractivity contribution >= 4 is 5.91 Å². The molecule has 2 aromatic rings. The van der Waals surface area contributed by atoms with Crippen molar-refractivity contribution in [2.45, 2.75) is 31.8 Å². The number of hydrogen-bond acceptors (Lipinski definition) is 4. The molecule has 1 aliphatic carbocycles. The van der Waals surface area contributed by atoms with Gasteiger partial charge >= 0.3 is 0 Å². The third-order valence-corrected chi connectivity index (χ3v) is 4.71. The minimum absolute atomic E-state index is 0.0150. The van der Waals surface area contributed by atoms with Crippen LogP contribution in [0, 0.1) is 6.92 Å². The largest absolute Gasteiger partial charge is 0.366 e. The number of ether oxygens (including phenoxy) is 1. The Balaban J connectivity index is 1.51. The fraction of sp³-hybridized carbons (Fsp3) is 0.471. The van der Waals surface area contributed by atoms with E-state index in [0.29, 0.717) is 25.5 Å². The third kappa shape index (κ3) is 2.63. The normalized spacial score (nSPS) is 23.8. The molecule has 6 nitrogen and oxygen atoms in total. The third-order valence-electron chi connectivity index (χ3n) is 4.71. The molecule has 0 bridgehead atoms. The van der Waals surface area contributed by atoms with Crippen LogP contribution in [-0.4, -0.2) is 45.7 Å². The molecule has 2 aliphatic rings. The molecule has 1 aliphatic heterocycles. The number of hydrogen-bond donors (Lipinski definition) is 1. The molecular formula is C17H20N4O2. The van der Waals surface area contributed by atoms with E-state index in [1.807, 2.05) is 24.0 Å². The maximum atomic E-state index is 13.0. The van der Waals surface area contributed by atoms with E-state index in [1.54, 1.807) is 0 Å². The minimum Gasteiger partial charge on any atom is -0.366 e. The number of benzene rings is 1. The second-order valence-electron chi connectivity index (χ2n) is 6.21. The summed E-state index contributed by atoms with van der Waals surface area (Å²) in [6, 6.07) is 8.27. The van der Waals surface area contributed by atoms with E-state index in [9.17, 15) is 4.79 Å². The molecule has 1 N–H and O–H groups in total. The highest BCUT2D eigenvalue weighted by Gasteiger charge is 2.35. The van der Waals surface area contributed by atoms with Crippen molar-refractivity contribution in [3.63, 3.8) is 0 Å². The topological polar surface area (TPSA) is 71.1 Å². The average molecular weight is 312 g/mol. The Morgan fingerprint density at radius 1 is 1.39 bits per heavy atom. The van der Waals surface area contributed by atoms with Crippen molar-refractivity contribution < 1.29 is 9.53 Å². The summed E-state index contributed by atoms with van der Waals surface area (Å²) in [6.45, 7) is 3.54. The lowest BCUT2D eigenvalue weighted by Crippen LogP contribution is -2.44. The van der Waals surface area contributed by atoms with Gasteiger partial charge in [0.25, 0.3) is 0 Å². The van der Waals surface area contributed by atoms with Gasteiger partial charge in [0.15, 0.2) is 5.82 Å². The maximum absolute atomic E-state index is 13.0. The quantitative estimate of drug-likeness (QED) is 0.917. The Hall–Kier alpha value is -2.21. The highest BCUT2D eigenvalue weighted by Crippen LogP contribution is 2.35. The summed E-state index contributed by atoms with van der Waals surface area (Å²) >= 11 is 0. The Labute approximate surface area is 134 Å². The lowest BCUT2D eigenvalue weighted by Gasteiger charge is -2.33. The molecule has 2 heterocycles. The van der Waals surface area contributed by atoms with Gasteiger partial charge in [-0.2, -0.15) is 5.10 Å². The molecule has 120 valence electrons. The fourth-order valence-electron chi connectivity index (χ4n) is 3.54. The number of carbonyl (C=O) groups is 1. The van der Waals surface area contributed by atoms with E-state index in [1.165, 1.54) is 11.1 Å². The van der Waals surface area contributed by atoms with E-state index in [4.69, 9.17) is 4.74 Å². The van der Waals surface area contributed by atoms with Crippen molar-refractivity contribution in [2.75, 3.05) is 19.7 Å². The number of carbonyl (C=O) groups excluding carboxylic acids is 1. The summed E-state index contributed by atoms with van der Waals surface area (Å²) in [5.74, 6) is 1.58. The lowest BCUT2D eigenvalue weighted by atomic mass is 9.99. The van der Waals surface area contributed by atoms with Gasteiger partial charge in [-0.3, -0.25) is 9.89 Å². The molecule has 0 saturated carbocycles. The first kappa shape index (κ1) is 14.4. The summed E-state index contributed by atoms with van der Waals surface area (Å²) in [5, 5.41) is 7.00. The zero-order chi connectivity index (χ0) is 15.8. The van der Waals surface area contributed by atoms with Crippen molar-refractivity contribution in [1.82, 2.24) is 20.1 Å². The molecule has 0 spiro atoms. The number of morpholine rings is 1. The molecule has 4 rings (SSSR count). The standard InChI is InChI=1S/C17H20N4O2/c1-11-18-16(20-19-11)15-10-21(8-9-23-15)17(22)14-7-6-12-4-2-3-5-13(12)14/h2-5,14-15H,6-10H2,1H3,(H,18,19,20)/t14-,15-/m1/s1. The van der Waals surface area contributed by atoms with Gasteiger partial charge in [-0.05, 0) is 30.9 Å². The zero-order valence-electron chi connectivity index (χ0n) is 13.2. The van der Waals surface area contributed by atoms with Crippen LogP contribution in [0.3, 0.4) is 0 Å². The van der Waals surface area contributed by atoms with Crippen LogP contribution in [0.15, 0.2) is 24.3 Å². The van der Waals surface area contributed by atoms with Crippen LogP contribution in [0.5, 0.6) is 0 Å². The number of fused-ring (bicyclic) bond motifs is 1. The van der Waals surface area contributed by atoms with Gasteiger partial charge in [0, 0.05) is 6.54 Å². The second-order valence-corrected chi connectivity index (χ2v) is 6.21. The molecule has 23 heavy (non-hydrogen) atoms. The van der Waals surface area contributed by atoms with Gasteiger partial charge in [-0.15, -0.1) is 0 Å². The number of H-pyrrole nitrogens is 1. The van der Waals surface area contributed by atoms with Crippen LogP contribution < -0.4 is 0 Å². The molecular weight excluding hydrogens is 292 g/mol. The Bertz CT molecular complexity index is 727. The van der Waals surface area contributed by atoms with Gasteiger partial charge in [-0.1, -0.05) is 24.3 Å². The molecule has 6 heteroatoms. The first-order chi connectivity index (χ1) is 11.2. The first-order valence-electron chi connectivity index (χ1n) is 8.09. The van der Waals surface area contributed by atoms with Gasteiger partial charge in [0.2, 0.25) is 5.91 Å². The molecule has 0 unspecified atom stereocenters. The molecule has 1 fully saturated rings. The van der Waals surface area contributed by atoms with E-state index in [0.717, 1.165) is 18.7 Å². The van der Waals surface area contributed by atoms with Crippen molar-refractivity contribution in [2.24, 2.45) is 0 Å².